The number of fused-ring (bicyclic) bond motifs is 1. The molecule has 7 nitrogen and oxygen atoms in total. The molecule has 4 rings (SSSR count). The third-order valence-electron chi connectivity index (χ3n) is 5.71. The maximum absolute atomic E-state index is 13.4. The summed E-state index contributed by atoms with van der Waals surface area (Å²) in [5.41, 5.74) is 0.918. The van der Waals surface area contributed by atoms with Crippen molar-refractivity contribution in [2.24, 2.45) is 0 Å². The summed E-state index contributed by atoms with van der Waals surface area (Å²) in [6.07, 6.45) is -3.00. The summed E-state index contributed by atoms with van der Waals surface area (Å²) in [5, 5.41) is 3.02. The number of benzene rings is 2. The molecule has 1 N–H and O–H groups in total. The highest BCUT2D eigenvalue weighted by Crippen LogP contribution is 2.41. The van der Waals surface area contributed by atoms with Gasteiger partial charge in [0, 0.05) is 18.2 Å². The maximum atomic E-state index is 13.4. The first-order chi connectivity index (χ1) is 16.6. The van der Waals surface area contributed by atoms with Gasteiger partial charge in [0.25, 0.3) is 5.91 Å². The van der Waals surface area contributed by atoms with Gasteiger partial charge >= 0.3 is 12.3 Å². The van der Waals surface area contributed by atoms with Gasteiger partial charge in [-0.05, 0) is 60.5 Å². The number of methoxy groups -OCH3 is 1. The molecule has 0 saturated carbocycles. The quantitative estimate of drug-likeness (QED) is 0.534. The van der Waals surface area contributed by atoms with Crippen LogP contribution in [0.4, 0.5) is 13.2 Å². The van der Waals surface area contributed by atoms with Crippen LogP contribution in [0.2, 0.25) is 0 Å². The Bertz CT molecular complexity index is 1260. The number of carbonyl (C=O) groups is 2. The summed E-state index contributed by atoms with van der Waals surface area (Å²) in [7, 11) is 1.27. The summed E-state index contributed by atoms with van der Waals surface area (Å²) in [4.78, 5) is 29.7. The van der Waals surface area contributed by atoms with Crippen LogP contribution in [0.1, 0.15) is 44.0 Å². The number of aromatic nitrogens is 1. The molecule has 182 valence electrons. The van der Waals surface area contributed by atoms with E-state index in [1.807, 2.05) is 0 Å². The number of aryl methyl sites for hydroxylation is 1. The van der Waals surface area contributed by atoms with Gasteiger partial charge in [-0.2, -0.15) is 0 Å². The molecule has 0 bridgehead atoms. The second-order valence-electron chi connectivity index (χ2n) is 7.90. The van der Waals surface area contributed by atoms with Crippen molar-refractivity contribution in [3.8, 4) is 11.5 Å². The monoisotopic (exact) mass is 486 g/mol. The van der Waals surface area contributed by atoms with E-state index in [1.165, 1.54) is 43.5 Å². The Labute approximate surface area is 198 Å². The maximum Gasteiger partial charge on any atom is 0.573 e. The minimum Gasteiger partial charge on any atom is -0.491 e. The number of amides is 1. The normalized spacial score (nSPS) is 17.1. The molecule has 0 radical (unpaired) electrons. The predicted molar refractivity (Wildman–Crippen MR) is 118 cm³/mol. The lowest BCUT2D eigenvalue weighted by atomic mass is 9.81. The molecule has 2 aromatic carbocycles. The summed E-state index contributed by atoms with van der Waals surface area (Å²) >= 11 is 0. The fourth-order valence-electron chi connectivity index (χ4n) is 4.09. The minimum atomic E-state index is -4.82. The van der Waals surface area contributed by atoms with E-state index in [2.05, 4.69) is 15.0 Å². The van der Waals surface area contributed by atoms with Gasteiger partial charge in [-0.3, -0.25) is 9.78 Å². The number of rotatable bonds is 5. The van der Waals surface area contributed by atoms with Gasteiger partial charge in [0.05, 0.1) is 19.3 Å². The largest absolute Gasteiger partial charge is 0.573 e. The van der Waals surface area contributed by atoms with E-state index >= 15 is 0 Å². The van der Waals surface area contributed by atoms with E-state index in [1.54, 1.807) is 31.3 Å². The molecule has 1 atom stereocenters. The number of alkyl halides is 3. The third-order valence-corrected chi connectivity index (χ3v) is 5.71. The molecular formula is C25H21F3N2O5. The fourth-order valence-corrected chi connectivity index (χ4v) is 4.09. The van der Waals surface area contributed by atoms with E-state index in [0.717, 1.165) is 0 Å². The zero-order chi connectivity index (χ0) is 25.2. The van der Waals surface area contributed by atoms with Crippen LogP contribution in [0, 0.1) is 6.92 Å². The summed E-state index contributed by atoms with van der Waals surface area (Å²) in [5.74, 6) is -0.912. The van der Waals surface area contributed by atoms with Crippen molar-refractivity contribution < 1.29 is 37.0 Å². The number of ether oxygens (including phenoxy) is 3. The number of hydrogen-bond acceptors (Lipinski definition) is 6. The molecule has 1 aromatic heterocycles. The van der Waals surface area contributed by atoms with Crippen LogP contribution in [0.25, 0.3) is 0 Å². The van der Waals surface area contributed by atoms with E-state index < -0.39 is 23.8 Å². The molecule has 0 aliphatic carbocycles. The number of esters is 1. The molecule has 1 aliphatic rings. The second-order valence-corrected chi connectivity index (χ2v) is 7.90. The van der Waals surface area contributed by atoms with Crippen LogP contribution in [-0.4, -0.2) is 36.9 Å². The van der Waals surface area contributed by atoms with E-state index in [0.29, 0.717) is 28.1 Å². The molecule has 1 aliphatic heterocycles. The minimum absolute atomic E-state index is 0.236. The molecular weight excluding hydrogens is 465 g/mol. The molecule has 1 unspecified atom stereocenters. The van der Waals surface area contributed by atoms with Gasteiger partial charge in [-0.1, -0.05) is 12.1 Å². The first kappa shape index (κ1) is 24.1. The molecule has 10 heteroatoms. The fraction of sp³-hybridized carbons (Fsp3) is 0.240. The summed E-state index contributed by atoms with van der Waals surface area (Å²) < 4.78 is 52.3. The Morgan fingerprint density at radius 2 is 1.86 bits per heavy atom. The molecule has 35 heavy (non-hydrogen) atoms. The molecule has 0 fully saturated rings. The summed E-state index contributed by atoms with van der Waals surface area (Å²) in [6, 6.07) is 13.2. The standard InChI is InChI=1S/C25H21F3N2O5/c1-15-14-16(5-10-19(15)23(32)33-2)22(31)30-24(11-13-34-20-4-3-12-29-21(20)24)17-6-8-18(9-7-17)35-25(26,27)28/h3-10,12,14H,11,13H2,1-2H3,(H,30,31). The highest BCUT2D eigenvalue weighted by atomic mass is 19.4. The number of carbonyl (C=O) groups excluding carboxylic acids is 2. The lowest BCUT2D eigenvalue weighted by Crippen LogP contribution is -2.50. The lowest BCUT2D eigenvalue weighted by Gasteiger charge is -2.39. The molecule has 1 amide bonds. The Hall–Kier alpha value is -4.08. The van der Waals surface area contributed by atoms with Crippen molar-refractivity contribution in [3.63, 3.8) is 0 Å². The Morgan fingerprint density at radius 1 is 1.11 bits per heavy atom. The van der Waals surface area contributed by atoms with E-state index in [9.17, 15) is 22.8 Å². The number of hydrogen-bond donors (Lipinski definition) is 1. The van der Waals surface area contributed by atoms with Crippen LogP contribution in [0.3, 0.4) is 0 Å². The van der Waals surface area contributed by atoms with Crippen LogP contribution >= 0.6 is 0 Å². The topological polar surface area (TPSA) is 86.8 Å². The average molecular weight is 486 g/mol. The van der Waals surface area contributed by atoms with Gasteiger partial charge < -0.3 is 19.5 Å². The van der Waals surface area contributed by atoms with Gasteiger partial charge in [0.2, 0.25) is 0 Å². The van der Waals surface area contributed by atoms with Crippen molar-refractivity contribution in [2.75, 3.05) is 13.7 Å². The Kier molecular flexibility index (Phi) is 6.38. The molecule has 2 heterocycles. The number of pyridine rings is 1. The van der Waals surface area contributed by atoms with Crippen LogP contribution in [0.15, 0.2) is 60.8 Å². The van der Waals surface area contributed by atoms with Crippen LogP contribution in [0.5, 0.6) is 11.5 Å². The SMILES string of the molecule is COC(=O)c1ccc(C(=O)NC2(c3ccc(OC(F)(F)F)cc3)CCOc3cccnc32)cc1C. The van der Waals surface area contributed by atoms with Gasteiger partial charge in [-0.25, -0.2) is 4.79 Å². The smallest absolute Gasteiger partial charge is 0.491 e. The molecule has 3 aromatic rings. The van der Waals surface area contributed by atoms with Crippen molar-refractivity contribution in [1.82, 2.24) is 10.3 Å². The van der Waals surface area contributed by atoms with Crippen molar-refractivity contribution >= 4 is 11.9 Å². The lowest BCUT2D eigenvalue weighted by molar-refractivity contribution is -0.274. The Balaban J connectivity index is 1.74. The van der Waals surface area contributed by atoms with E-state index in [4.69, 9.17) is 9.47 Å². The van der Waals surface area contributed by atoms with Crippen molar-refractivity contribution in [2.45, 2.75) is 25.2 Å². The zero-order valence-corrected chi connectivity index (χ0v) is 18.8. The first-order valence-corrected chi connectivity index (χ1v) is 10.6. The number of nitrogens with one attached hydrogen (secondary N) is 1. The van der Waals surface area contributed by atoms with Gasteiger partial charge in [0.15, 0.2) is 0 Å². The zero-order valence-electron chi connectivity index (χ0n) is 18.8. The molecule has 0 spiro atoms. The van der Waals surface area contributed by atoms with Gasteiger partial charge in [-0.15, -0.1) is 13.2 Å². The third kappa shape index (κ3) is 4.91. The molecule has 0 saturated heterocycles. The highest BCUT2D eigenvalue weighted by molar-refractivity contribution is 5.97. The van der Waals surface area contributed by atoms with E-state index in [-0.39, 0.29) is 24.3 Å². The highest BCUT2D eigenvalue weighted by Gasteiger charge is 2.43. The summed E-state index contributed by atoms with van der Waals surface area (Å²) in [6.45, 7) is 1.92. The van der Waals surface area contributed by atoms with Crippen molar-refractivity contribution in [3.05, 3.63) is 88.7 Å². The van der Waals surface area contributed by atoms with Crippen LogP contribution < -0.4 is 14.8 Å². The van der Waals surface area contributed by atoms with Gasteiger partial charge in [0.1, 0.15) is 22.7 Å². The predicted octanol–water partition coefficient (Wildman–Crippen LogP) is 4.53. The first-order valence-electron chi connectivity index (χ1n) is 10.6. The van der Waals surface area contributed by atoms with Crippen LogP contribution in [-0.2, 0) is 10.3 Å². The average Bonchev–Trinajstić information content (AvgIpc) is 2.83. The number of nitrogens with zero attached hydrogens (tertiary/aromatic N) is 1. The van der Waals surface area contributed by atoms with Crippen molar-refractivity contribution in [1.29, 1.82) is 0 Å². The second kappa shape index (κ2) is 9.28. The number of halogens is 3. The Morgan fingerprint density at radius 3 is 2.51 bits per heavy atom.